The Hall–Kier alpha value is -3.10. The Labute approximate surface area is 263 Å². The van der Waals surface area contributed by atoms with Gasteiger partial charge < -0.3 is 19.9 Å². The molecule has 3 amide bonds. The summed E-state index contributed by atoms with van der Waals surface area (Å²) in [6.45, 7) is 1.06. The Kier molecular flexibility index (Phi) is 11.9. The molecule has 0 atom stereocenters. The van der Waals surface area contributed by atoms with Gasteiger partial charge in [0.05, 0.1) is 12.3 Å². The number of benzene rings is 1. The van der Waals surface area contributed by atoms with Crippen LogP contribution in [0.1, 0.15) is 121 Å². The number of ether oxygens (including phenoxy) is 1. The third-order valence-electron chi connectivity index (χ3n) is 10.0. The first-order valence-electron chi connectivity index (χ1n) is 17.4. The third-order valence-corrected chi connectivity index (χ3v) is 10.0. The van der Waals surface area contributed by atoms with E-state index < -0.39 is 0 Å². The van der Waals surface area contributed by atoms with Crippen LogP contribution in [0.4, 0.5) is 5.69 Å². The van der Waals surface area contributed by atoms with Gasteiger partial charge in [-0.3, -0.25) is 19.7 Å². The second kappa shape index (κ2) is 16.3. The Bertz CT molecular complexity index is 1150. The molecule has 2 N–H and O–H groups in total. The number of fused-ring (bicyclic) bond motifs is 1. The lowest BCUT2D eigenvalue weighted by molar-refractivity contribution is -0.132. The van der Waals surface area contributed by atoms with Crippen LogP contribution < -0.4 is 15.4 Å². The summed E-state index contributed by atoms with van der Waals surface area (Å²) in [6, 6.07) is 6.39. The summed E-state index contributed by atoms with van der Waals surface area (Å²) in [5.74, 6) is 1.73. The number of carbonyl (C=O) groups excluding carboxylic acids is 3. The minimum absolute atomic E-state index is 0.0274. The average Bonchev–Trinajstić information content (AvgIpc) is 3.04. The molecule has 0 aromatic heterocycles. The number of nitrogens with zero attached hydrogens (tertiary/aromatic N) is 3. The van der Waals surface area contributed by atoms with Gasteiger partial charge in [-0.05, 0) is 69.1 Å². The molecule has 3 saturated carbocycles. The van der Waals surface area contributed by atoms with E-state index in [-0.39, 0.29) is 30.3 Å². The molecule has 3 fully saturated rings. The highest BCUT2D eigenvalue weighted by Crippen LogP contribution is 2.31. The lowest BCUT2D eigenvalue weighted by Gasteiger charge is -2.32. The van der Waals surface area contributed by atoms with E-state index in [1.165, 1.54) is 44.9 Å². The molecule has 9 nitrogen and oxygen atoms in total. The van der Waals surface area contributed by atoms with Gasteiger partial charge in [-0.25, -0.2) is 4.99 Å². The molecule has 0 unspecified atom stereocenters. The maximum Gasteiger partial charge on any atom is 0.239 e. The van der Waals surface area contributed by atoms with E-state index in [0.29, 0.717) is 50.3 Å². The fourth-order valence-corrected chi connectivity index (χ4v) is 7.37. The van der Waals surface area contributed by atoms with Crippen LogP contribution in [-0.2, 0) is 20.9 Å². The quantitative estimate of drug-likeness (QED) is 0.302. The molecule has 4 aliphatic rings. The monoisotopic (exact) mass is 607 g/mol. The summed E-state index contributed by atoms with van der Waals surface area (Å²) in [6.07, 6.45) is 19.0. The van der Waals surface area contributed by atoms with Gasteiger partial charge in [-0.1, -0.05) is 57.8 Å². The van der Waals surface area contributed by atoms with Gasteiger partial charge in [0.2, 0.25) is 23.7 Å². The van der Waals surface area contributed by atoms with Crippen molar-refractivity contribution in [2.75, 3.05) is 20.2 Å². The molecule has 0 bridgehead atoms. The molecule has 1 aromatic rings. The number of amides is 3. The maximum atomic E-state index is 13.1. The summed E-state index contributed by atoms with van der Waals surface area (Å²) in [4.78, 5) is 47.5. The van der Waals surface area contributed by atoms with Gasteiger partial charge in [-0.15, -0.1) is 0 Å². The summed E-state index contributed by atoms with van der Waals surface area (Å²) in [5.41, 5.74) is 1.73. The SMILES string of the molecule is CN(C(=O)CCCOc1ccc2c(c1)CN(CC(=O)NC1CCCCC1)C(NC(=O)CC1CCCCC1)=N2)C1CCCCC1. The predicted octanol–water partition coefficient (Wildman–Crippen LogP) is 5.98. The second-order valence-corrected chi connectivity index (χ2v) is 13.5. The highest BCUT2D eigenvalue weighted by atomic mass is 16.5. The largest absolute Gasteiger partial charge is 0.494 e. The first-order valence-corrected chi connectivity index (χ1v) is 17.4. The number of guanidine groups is 1. The van der Waals surface area contributed by atoms with E-state index in [2.05, 4.69) is 10.6 Å². The van der Waals surface area contributed by atoms with Crippen LogP contribution in [0.15, 0.2) is 23.2 Å². The van der Waals surface area contributed by atoms with Gasteiger partial charge in [-0.2, -0.15) is 0 Å². The minimum Gasteiger partial charge on any atom is -0.494 e. The van der Waals surface area contributed by atoms with Crippen molar-refractivity contribution in [2.24, 2.45) is 10.9 Å². The van der Waals surface area contributed by atoms with Crippen LogP contribution in [0.25, 0.3) is 0 Å². The summed E-state index contributed by atoms with van der Waals surface area (Å²) in [7, 11) is 1.94. The molecule has 1 heterocycles. The van der Waals surface area contributed by atoms with Crippen molar-refractivity contribution >= 4 is 29.4 Å². The molecule has 3 aliphatic carbocycles. The molecular weight excluding hydrogens is 554 g/mol. The van der Waals surface area contributed by atoms with Crippen molar-refractivity contribution in [2.45, 2.75) is 134 Å². The highest BCUT2D eigenvalue weighted by Gasteiger charge is 2.27. The Balaban J connectivity index is 1.18. The van der Waals surface area contributed by atoms with Crippen molar-refractivity contribution in [1.82, 2.24) is 20.4 Å². The van der Waals surface area contributed by atoms with Crippen LogP contribution in [0.5, 0.6) is 5.75 Å². The minimum atomic E-state index is -0.0372. The molecule has 0 saturated heterocycles. The standard InChI is InChI=1S/C35H53N5O4/c1-39(29-16-9-4-10-17-29)34(43)18-11-21-44-30-19-20-31-27(23-30)24-40(25-33(42)36-28-14-7-3-8-15-28)35(37-31)38-32(41)22-26-12-5-2-6-13-26/h19-20,23,26,28-29H,2-18,21-22,24-25H2,1H3,(H,36,42)(H,37,38,41). The maximum absolute atomic E-state index is 13.1. The summed E-state index contributed by atoms with van der Waals surface area (Å²) in [5, 5.41) is 6.26. The van der Waals surface area contributed by atoms with E-state index in [1.54, 1.807) is 0 Å². The zero-order valence-electron chi connectivity index (χ0n) is 26.8. The summed E-state index contributed by atoms with van der Waals surface area (Å²) >= 11 is 0. The van der Waals surface area contributed by atoms with Gasteiger partial charge in [0, 0.05) is 44.1 Å². The highest BCUT2D eigenvalue weighted by molar-refractivity contribution is 6.00. The molecular formula is C35H53N5O4. The Morgan fingerprint density at radius 2 is 1.59 bits per heavy atom. The number of nitrogens with one attached hydrogen (secondary N) is 2. The predicted molar refractivity (Wildman–Crippen MR) is 173 cm³/mol. The molecule has 1 aliphatic heterocycles. The van der Waals surface area contributed by atoms with Gasteiger partial charge >= 0.3 is 0 Å². The van der Waals surface area contributed by atoms with Crippen molar-refractivity contribution in [3.05, 3.63) is 23.8 Å². The van der Waals surface area contributed by atoms with E-state index in [4.69, 9.17) is 9.73 Å². The van der Waals surface area contributed by atoms with Gasteiger partial charge in [0.25, 0.3) is 0 Å². The molecule has 5 rings (SSSR count). The average molecular weight is 608 g/mol. The zero-order valence-corrected chi connectivity index (χ0v) is 26.8. The first kappa shape index (κ1) is 32.3. The Morgan fingerprint density at radius 1 is 0.909 bits per heavy atom. The number of hydrogen-bond acceptors (Lipinski definition) is 6. The van der Waals surface area contributed by atoms with Crippen LogP contribution >= 0.6 is 0 Å². The molecule has 9 heteroatoms. The van der Waals surface area contributed by atoms with E-state index in [0.717, 1.165) is 68.4 Å². The molecule has 0 spiro atoms. The number of aliphatic imine (C=N–C) groups is 1. The van der Waals surface area contributed by atoms with Crippen LogP contribution in [0, 0.1) is 5.92 Å². The lowest BCUT2D eigenvalue weighted by Crippen LogP contribution is -2.50. The van der Waals surface area contributed by atoms with Crippen LogP contribution in [0.2, 0.25) is 0 Å². The van der Waals surface area contributed by atoms with E-state index in [1.807, 2.05) is 35.0 Å². The lowest BCUT2D eigenvalue weighted by atomic mass is 9.87. The van der Waals surface area contributed by atoms with Crippen LogP contribution in [0.3, 0.4) is 0 Å². The number of hydrogen-bond donors (Lipinski definition) is 2. The second-order valence-electron chi connectivity index (χ2n) is 13.5. The Morgan fingerprint density at radius 3 is 2.32 bits per heavy atom. The van der Waals surface area contributed by atoms with Crippen molar-refractivity contribution in [1.29, 1.82) is 0 Å². The van der Waals surface area contributed by atoms with Gasteiger partial charge in [0.15, 0.2) is 0 Å². The molecule has 242 valence electrons. The van der Waals surface area contributed by atoms with Crippen molar-refractivity contribution < 1.29 is 19.1 Å². The van der Waals surface area contributed by atoms with Crippen molar-refractivity contribution in [3.63, 3.8) is 0 Å². The van der Waals surface area contributed by atoms with Gasteiger partial charge in [0.1, 0.15) is 12.3 Å². The fraction of sp³-hybridized carbons (Fsp3) is 0.714. The summed E-state index contributed by atoms with van der Waals surface area (Å²) < 4.78 is 6.05. The molecule has 0 radical (unpaired) electrons. The number of carbonyl (C=O) groups is 3. The zero-order chi connectivity index (χ0) is 30.7. The van der Waals surface area contributed by atoms with E-state index >= 15 is 0 Å². The van der Waals surface area contributed by atoms with E-state index in [9.17, 15) is 14.4 Å². The van der Waals surface area contributed by atoms with Crippen molar-refractivity contribution in [3.8, 4) is 5.75 Å². The normalized spacial score (nSPS) is 19.9. The van der Waals surface area contributed by atoms with Crippen LogP contribution in [-0.4, -0.2) is 65.8 Å². The molecule has 44 heavy (non-hydrogen) atoms. The fourth-order valence-electron chi connectivity index (χ4n) is 7.37. The topological polar surface area (TPSA) is 103 Å². The first-order chi connectivity index (χ1) is 21.4. The third kappa shape index (κ3) is 9.45. The number of rotatable bonds is 11. The smallest absolute Gasteiger partial charge is 0.239 e. The molecule has 1 aromatic carbocycles.